The Morgan fingerprint density at radius 1 is 1.17 bits per heavy atom. The summed E-state index contributed by atoms with van der Waals surface area (Å²) >= 11 is 0. The number of hydrogen-bond acceptors (Lipinski definition) is 2. The molecule has 1 rings (SSSR count). The first-order valence-electron chi connectivity index (χ1n) is 7.25. The lowest BCUT2D eigenvalue weighted by Gasteiger charge is -2.31. The van der Waals surface area contributed by atoms with E-state index in [1.165, 1.54) is 30.5 Å². The van der Waals surface area contributed by atoms with Gasteiger partial charge in [-0.2, -0.15) is 0 Å². The monoisotopic (exact) mass is 248 g/mol. The number of rotatable bonds is 8. The molecule has 0 unspecified atom stereocenters. The zero-order valence-electron chi connectivity index (χ0n) is 12.2. The summed E-state index contributed by atoms with van der Waals surface area (Å²) in [5.41, 5.74) is 8.46. The zero-order valence-corrected chi connectivity index (χ0v) is 12.2. The third kappa shape index (κ3) is 4.34. The molecule has 0 saturated carbocycles. The maximum absolute atomic E-state index is 5.71. The fourth-order valence-corrected chi connectivity index (χ4v) is 2.35. The second kappa shape index (κ2) is 8.15. The number of unbranched alkanes of at least 4 members (excludes halogenated alkanes) is 2. The summed E-state index contributed by atoms with van der Waals surface area (Å²) in [5, 5.41) is 0. The molecule has 0 radical (unpaired) electrons. The van der Waals surface area contributed by atoms with E-state index in [1.807, 2.05) is 0 Å². The summed E-state index contributed by atoms with van der Waals surface area (Å²) < 4.78 is 0. The summed E-state index contributed by atoms with van der Waals surface area (Å²) in [7, 11) is 0. The maximum atomic E-state index is 5.71. The van der Waals surface area contributed by atoms with Crippen molar-refractivity contribution < 1.29 is 0 Å². The van der Waals surface area contributed by atoms with Crippen LogP contribution in [0.2, 0.25) is 0 Å². The predicted octanol–water partition coefficient (Wildman–Crippen LogP) is 3.59. The first-order chi connectivity index (χ1) is 8.70. The Labute approximate surface area is 112 Å². The second-order valence-corrected chi connectivity index (χ2v) is 5.16. The van der Waals surface area contributed by atoms with Gasteiger partial charge in [0.2, 0.25) is 0 Å². The van der Waals surface area contributed by atoms with Crippen molar-refractivity contribution in [1.29, 1.82) is 0 Å². The van der Waals surface area contributed by atoms with E-state index in [2.05, 4.69) is 49.9 Å². The highest BCUT2D eigenvalue weighted by molar-refractivity contribution is 5.54. The van der Waals surface area contributed by atoms with Gasteiger partial charge in [-0.3, -0.25) is 0 Å². The average Bonchev–Trinajstić information content (AvgIpc) is 2.36. The number of anilines is 1. The van der Waals surface area contributed by atoms with Crippen LogP contribution in [0.1, 0.15) is 45.6 Å². The van der Waals surface area contributed by atoms with Gasteiger partial charge < -0.3 is 10.6 Å². The Hall–Kier alpha value is -1.02. The van der Waals surface area contributed by atoms with Crippen LogP contribution >= 0.6 is 0 Å². The van der Waals surface area contributed by atoms with Gasteiger partial charge in [0.05, 0.1) is 0 Å². The molecule has 0 aliphatic heterocycles. The predicted molar refractivity (Wildman–Crippen MR) is 81.2 cm³/mol. The van der Waals surface area contributed by atoms with Crippen LogP contribution in [0.4, 0.5) is 5.69 Å². The highest BCUT2D eigenvalue weighted by Crippen LogP contribution is 2.23. The van der Waals surface area contributed by atoms with Gasteiger partial charge in [-0.1, -0.05) is 38.0 Å². The molecule has 0 atom stereocenters. The van der Waals surface area contributed by atoms with E-state index in [9.17, 15) is 0 Å². The molecule has 0 heterocycles. The van der Waals surface area contributed by atoms with Crippen LogP contribution in [0.3, 0.4) is 0 Å². The molecule has 0 amide bonds. The number of nitrogens with two attached hydrogens (primary N) is 1. The van der Waals surface area contributed by atoms with Crippen molar-refractivity contribution in [2.75, 3.05) is 18.0 Å². The SMILES string of the molecule is CCCCCN(c1ccccc1CCN)C(C)C. The summed E-state index contributed by atoms with van der Waals surface area (Å²) in [4.78, 5) is 2.51. The van der Waals surface area contributed by atoms with E-state index in [0.29, 0.717) is 6.04 Å². The molecule has 0 fully saturated rings. The Morgan fingerprint density at radius 2 is 1.89 bits per heavy atom. The highest BCUT2D eigenvalue weighted by Gasteiger charge is 2.13. The fraction of sp³-hybridized carbons (Fsp3) is 0.625. The lowest BCUT2D eigenvalue weighted by molar-refractivity contribution is 0.623. The fourth-order valence-electron chi connectivity index (χ4n) is 2.35. The molecular weight excluding hydrogens is 220 g/mol. The molecule has 0 spiro atoms. The molecule has 0 aromatic heterocycles. The smallest absolute Gasteiger partial charge is 0.0401 e. The van der Waals surface area contributed by atoms with Gasteiger partial charge in [0.1, 0.15) is 0 Å². The van der Waals surface area contributed by atoms with Gasteiger partial charge in [0.25, 0.3) is 0 Å². The third-order valence-corrected chi connectivity index (χ3v) is 3.34. The van der Waals surface area contributed by atoms with E-state index in [-0.39, 0.29) is 0 Å². The molecule has 2 N–H and O–H groups in total. The molecule has 0 aliphatic rings. The molecule has 2 nitrogen and oxygen atoms in total. The first kappa shape index (κ1) is 15.0. The molecule has 1 aromatic carbocycles. The van der Waals surface area contributed by atoms with Crippen LogP contribution in [-0.4, -0.2) is 19.1 Å². The number of hydrogen-bond donors (Lipinski definition) is 1. The van der Waals surface area contributed by atoms with Crippen LogP contribution < -0.4 is 10.6 Å². The topological polar surface area (TPSA) is 29.3 Å². The number of para-hydroxylation sites is 1. The van der Waals surface area contributed by atoms with Gasteiger partial charge in [-0.25, -0.2) is 0 Å². The normalized spacial score (nSPS) is 10.9. The van der Waals surface area contributed by atoms with Crippen molar-refractivity contribution in [1.82, 2.24) is 0 Å². The zero-order chi connectivity index (χ0) is 13.4. The van der Waals surface area contributed by atoms with E-state index in [4.69, 9.17) is 5.73 Å². The lowest BCUT2D eigenvalue weighted by Crippen LogP contribution is -2.32. The van der Waals surface area contributed by atoms with Gasteiger partial charge in [-0.05, 0) is 44.9 Å². The Kier molecular flexibility index (Phi) is 6.81. The second-order valence-electron chi connectivity index (χ2n) is 5.16. The largest absolute Gasteiger partial charge is 0.369 e. The van der Waals surface area contributed by atoms with Gasteiger partial charge in [0.15, 0.2) is 0 Å². The standard InChI is InChI=1S/C16H28N2/c1-4-5-8-13-18(14(2)3)16-10-7-6-9-15(16)11-12-17/h6-7,9-10,14H,4-5,8,11-13,17H2,1-3H3. The Balaban J connectivity index is 2.83. The van der Waals surface area contributed by atoms with Crippen molar-refractivity contribution in [2.24, 2.45) is 5.73 Å². The summed E-state index contributed by atoms with van der Waals surface area (Å²) in [6.07, 6.45) is 4.82. The molecular formula is C16H28N2. The molecule has 102 valence electrons. The van der Waals surface area contributed by atoms with Crippen LogP contribution in [0.5, 0.6) is 0 Å². The van der Waals surface area contributed by atoms with Gasteiger partial charge >= 0.3 is 0 Å². The number of nitrogens with zero attached hydrogens (tertiary/aromatic N) is 1. The van der Waals surface area contributed by atoms with E-state index in [0.717, 1.165) is 19.5 Å². The molecule has 0 saturated heterocycles. The van der Waals surface area contributed by atoms with Crippen LogP contribution in [0, 0.1) is 0 Å². The first-order valence-corrected chi connectivity index (χ1v) is 7.25. The summed E-state index contributed by atoms with van der Waals surface area (Å²) in [6, 6.07) is 9.22. The van der Waals surface area contributed by atoms with Crippen LogP contribution in [-0.2, 0) is 6.42 Å². The molecule has 2 heteroatoms. The van der Waals surface area contributed by atoms with Crippen LogP contribution in [0.15, 0.2) is 24.3 Å². The molecule has 0 aliphatic carbocycles. The van der Waals surface area contributed by atoms with E-state index >= 15 is 0 Å². The Morgan fingerprint density at radius 3 is 2.50 bits per heavy atom. The Bertz CT molecular complexity index is 334. The molecule has 1 aromatic rings. The highest BCUT2D eigenvalue weighted by atomic mass is 15.1. The lowest BCUT2D eigenvalue weighted by atomic mass is 10.1. The average molecular weight is 248 g/mol. The maximum Gasteiger partial charge on any atom is 0.0401 e. The van der Waals surface area contributed by atoms with Crippen molar-refractivity contribution in [3.8, 4) is 0 Å². The summed E-state index contributed by atoms with van der Waals surface area (Å²) in [6.45, 7) is 8.66. The number of benzene rings is 1. The van der Waals surface area contributed by atoms with Gasteiger partial charge in [0, 0.05) is 18.3 Å². The van der Waals surface area contributed by atoms with E-state index < -0.39 is 0 Å². The minimum atomic E-state index is 0.542. The van der Waals surface area contributed by atoms with Crippen molar-refractivity contribution in [3.63, 3.8) is 0 Å². The summed E-state index contributed by atoms with van der Waals surface area (Å²) in [5.74, 6) is 0. The molecule has 0 bridgehead atoms. The van der Waals surface area contributed by atoms with Crippen molar-refractivity contribution >= 4 is 5.69 Å². The minimum absolute atomic E-state index is 0.542. The van der Waals surface area contributed by atoms with E-state index in [1.54, 1.807) is 0 Å². The third-order valence-electron chi connectivity index (χ3n) is 3.34. The van der Waals surface area contributed by atoms with Gasteiger partial charge in [-0.15, -0.1) is 0 Å². The van der Waals surface area contributed by atoms with Crippen molar-refractivity contribution in [3.05, 3.63) is 29.8 Å². The molecule has 18 heavy (non-hydrogen) atoms. The quantitative estimate of drug-likeness (QED) is 0.712. The minimum Gasteiger partial charge on any atom is -0.369 e. The van der Waals surface area contributed by atoms with Crippen LogP contribution in [0.25, 0.3) is 0 Å². The van der Waals surface area contributed by atoms with Crippen molar-refractivity contribution in [2.45, 2.75) is 52.5 Å².